The maximum Gasteiger partial charge on any atom is 0.326 e. The molecule has 2 aliphatic rings. The van der Waals surface area contributed by atoms with Crippen molar-refractivity contribution in [2.45, 2.75) is 50.2 Å². The number of carboxylic acid groups (broad SMARTS) is 1. The van der Waals surface area contributed by atoms with Crippen molar-refractivity contribution in [3.05, 3.63) is 18.2 Å². The molecule has 3 atom stereocenters. The molecule has 140 valence electrons. The third-order valence-electron chi connectivity index (χ3n) is 4.75. The number of rotatable bonds is 5. The van der Waals surface area contributed by atoms with Crippen LogP contribution in [0.2, 0.25) is 0 Å². The number of hydrogen-bond donors (Lipinski definition) is 3. The number of likely N-dealkylation sites (tertiary alicyclic amines) is 1. The molecule has 1 aromatic heterocycles. The fourth-order valence-corrected chi connectivity index (χ4v) is 3.38. The Morgan fingerprint density at radius 2 is 2.15 bits per heavy atom. The van der Waals surface area contributed by atoms with Crippen molar-refractivity contribution in [1.82, 2.24) is 19.8 Å². The van der Waals surface area contributed by atoms with Gasteiger partial charge in [0.05, 0.1) is 11.7 Å². The van der Waals surface area contributed by atoms with Gasteiger partial charge in [0.1, 0.15) is 18.4 Å². The Morgan fingerprint density at radius 3 is 2.81 bits per heavy atom. The Morgan fingerprint density at radius 1 is 1.38 bits per heavy atom. The molecule has 26 heavy (non-hydrogen) atoms. The van der Waals surface area contributed by atoms with Crippen molar-refractivity contribution in [2.24, 2.45) is 5.73 Å². The number of aromatic nitrogens is 2. The van der Waals surface area contributed by atoms with Gasteiger partial charge in [0.25, 0.3) is 5.91 Å². The lowest BCUT2D eigenvalue weighted by Gasteiger charge is -2.24. The first kappa shape index (κ1) is 18.1. The maximum absolute atomic E-state index is 12.4. The molecular formula is C16H21N5O5. The zero-order valence-corrected chi connectivity index (χ0v) is 14.1. The number of nitrogens with two attached hydrogens (primary N) is 1. The molecule has 0 bridgehead atoms. The second kappa shape index (κ2) is 7.24. The molecule has 4 N–H and O–H groups in total. The van der Waals surface area contributed by atoms with Gasteiger partial charge >= 0.3 is 5.97 Å². The van der Waals surface area contributed by atoms with E-state index in [9.17, 15) is 24.3 Å². The normalized spacial score (nSPS) is 23.7. The van der Waals surface area contributed by atoms with E-state index in [2.05, 4.69) is 10.3 Å². The largest absolute Gasteiger partial charge is 0.480 e. The summed E-state index contributed by atoms with van der Waals surface area (Å²) in [6, 6.07) is -2.33. The van der Waals surface area contributed by atoms with Crippen LogP contribution in [0.25, 0.3) is 0 Å². The fourth-order valence-electron chi connectivity index (χ4n) is 3.38. The molecule has 0 aliphatic carbocycles. The van der Waals surface area contributed by atoms with Crippen LogP contribution < -0.4 is 11.1 Å². The van der Waals surface area contributed by atoms with Gasteiger partial charge in [0, 0.05) is 25.6 Å². The molecule has 10 heteroatoms. The van der Waals surface area contributed by atoms with Crippen LogP contribution in [-0.4, -0.2) is 67.9 Å². The minimum absolute atomic E-state index is 0.0962. The molecule has 0 unspecified atom stereocenters. The third kappa shape index (κ3) is 3.59. The van der Waals surface area contributed by atoms with E-state index in [-0.39, 0.29) is 18.2 Å². The van der Waals surface area contributed by atoms with E-state index in [1.807, 2.05) is 0 Å². The zero-order valence-electron chi connectivity index (χ0n) is 14.1. The number of imidazole rings is 1. The van der Waals surface area contributed by atoms with Crippen LogP contribution in [0, 0.1) is 0 Å². The molecule has 10 nitrogen and oxygen atoms in total. The number of nitrogens with zero attached hydrogens (tertiary/aromatic N) is 3. The molecule has 3 rings (SSSR count). The van der Waals surface area contributed by atoms with Crippen LogP contribution in [0.15, 0.2) is 12.5 Å². The van der Waals surface area contributed by atoms with Gasteiger partial charge in [0.2, 0.25) is 11.8 Å². The molecule has 0 aromatic carbocycles. The van der Waals surface area contributed by atoms with E-state index in [1.165, 1.54) is 22.0 Å². The average molecular weight is 363 g/mol. The molecule has 2 fully saturated rings. The average Bonchev–Trinajstić information content (AvgIpc) is 3.33. The standard InChI is InChI=1S/C16H21N5O5/c17-10(14(23)21-5-1-2-12(21)16(25)26)6-9-7-20(8-18-9)15(24)11-3-4-13(22)19-11/h7-8,10-12H,1-6,17H2,(H,19,22)(H,25,26)/t10-,11-,12-/m0/s1. The first-order chi connectivity index (χ1) is 12.4. The number of carbonyl (C=O) groups is 4. The summed E-state index contributed by atoms with van der Waals surface area (Å²) in [7, 11) is 0. The minimum atomic E-state index is -1.03. The predicted octanol–water partition coefficient (Wildman–Crippen LogP) is -1.25. The molecule has 0 spiro atoms. The second-order valence-corrected chi connectivity index (χ2v) is 6.61. The number of carbonyl (C=O) groups excluding carboxylic acids is 3. The molecule has 2 aliphatic heterocycles. The van der Waals surface area contributed by atoms with Gasteiger partial charge in [-0.2, -0.15) is 0 Å². The first-order valence-corrected chi connectivity index (χ1v) is 8.52. The van der Waals surface area contributed by atoms with Crippen molar-refractivity contribution < 1.29 is 24.3 Å². The van der Waals surface area contributed by atoms with Crippen LogP contribution in [-0.2, 0) is 20.8 Å². The summed E-state index contributed by atoms with van der Waals surface area (Å²) in [6.45, 7) is 0.373. The quantitative estimate of drug-likeness (QED) is 0.592. The van der Waals surface area contributed by atoms with Crippen LogP contribution >= 0.6 is 0 Å². The summed E-state index contributed by atoms with van der Waals surface area (Å²) >= 11 is 0. The van der Waals surface area contributed by atoms with E-state index < -0.39 is 30.0 Å². The topological polar surface area (TPSA) is 148 Å². The maximum atomic E-state index is 12.4. The number of carboxylic acids is 1. The third-order valence-corrected chi connectivity index (χ3v) is 4.75. The number of amides is 2. The molecule has 2 saturated heterocycles. The van der Waals surface area contributed by atoms with Crippen molar-refractivity contribution in [3.8, 4) is 0 Å². The van der Waals surface area contributed by atoms with E-state index in [4.69, 9.17) is 5.73 Å². The SMILES string of the molecule is N[C@@H](Cc1cn(C(=O)[C@@H]2CCC(=O)N2)cn1)C(=O)N1CCC[C@H]1C(=O)O. The van der Waals surface area contributed by atoms with Crippen molar-refractivity contribution in [2.75, 3.05) is 6.54 Å². The molecule has 3 heterocycles. The van der Waals surface area contributed by atoms with Crippen LogP contribution in [0.5, 0.6) is 0 Å². The predicted molar refractivity (Wildman–Crippen MR) is 88.1 cm³/mol. The number of aliphatic carboxylic acids is 1. The van der Waals surface area contributed by atoms with Crippen molar-refractivity contribution >= 4 is 23.7 Å². The summed E-state index contributed by atoms with van der Waals surface area (Å²) in [6.07, 6.45) is 4.72. The monoisotopic (exact) mass is 363 g/mol. The summed E-state index contributed by atoms with van der Waals surface area (Å²) in [5.74, 6) is -1.91. The van der Waals surface area contributed by atoms with Crippen LogP contribution in [0.1, 0.15) is 36.2 Å². The molecular weight excluding hydrogens is 342 g/mol. The highest BCUT2D eigenvalue weighted by Crippen LogP contribution is 2.19. The van der Waals surface area contributed by atoms with Crippen LogP contribution in [0.4, 0.5) is 0 Å². The van der Waals surface area contributed by atoms with Gasteiger partial charge in [-0.05, 0) is 19.3 Å². The van der Waals surface area contributed by atoms with Crippen LogP contribution in [0.3, 0.4) is 0 Å². The lowest BCUT2D eigenvalue weighted by Crippen LogP contribution is -2.49. The minimum Gasteiger partial charge on any atom is -0.480 e. The highest BCUT2D eigenvalue weighted by molar-refractivity contribution is 5.92. The highest BCUT2D eigenvalue weighted by Gasteiger charge is 2.36. The van der Waals surface area contributed by atoms with Gasteiger partial charge in [0.15, 0.2) is 0 Å². The Hall–Kier alpha value is -2.75. The zero-order chi connectivity index (χ0) is 18.8. The van der Waals surface area contributed by atoms with E-state index >= 15 is 0 Å². The smallest absolute Gasteiger partial charge is 0.326 e. The molecule has 1 aromatic rings. The Kier molecular flexibility index (Phi) is 5.03. The Bertz CT molecular complexity index is 745. The second-order valence-electron chi connectivity index (χ2n) is 6.61. The highest BCUT2D eigenvalue weighted by atomic mass is 16.4. The number of hydrogen-bond acceptors (Lipinski definition) is 6. The summed E-state index contributed by atoms with van der Waals surface area (Å²) in [4.78, 5) is 52.5. The first-order valence-electron chi connectivity index (χ1n) is 8.52. The van der Waals surface area contributed by atoms with Crippen molar-refractivity contribution in [3.63, 3.8) is 0 Å². The van der Waals surface area contributed by atoms with Gasteiger partial charge in [-0.3, -0.25) is 19.0 Å². The summed E-state index contributed by atoms with van der Waals surface area (Å²) < 4.78 is 1.28. The lowest BCUT2D eigenvalue weighted by atomic mass is 10.1. The van der Waals surface area contributed by atoms with E-state index in [0.29, 0.717) is 37.9 Å². The van der Waals surface area contributed by atoms with Gasteiger partial charge in [-0.15, -0.1) is 0 Å². The molecule has 0 radical (unpaired) electrons. The number of nitrogens with one attached hydrogen (secondary N) is 1. The van der Waals surface area contributed by atoms with Crippen molar-refractivity contribution in [1.29, 1.82) is 0 Å². The lowest BCUT2D eigenvalue weighted by molar-refractivity contribution is -0.148. The van der Waals surface area contributed by atoms with Gasteiger partial charge in [-0.25, -0.2) is 9.78 Å². The molecule has 0 saturated carbocycles. The molecule has 2 amide bonds. The summed E-state index contributed by atoms with van der Waals surface area (Å²) in [5.41, 5.74) is 6.40. The Labute approximate surface area is 149 Å². The van der Waals surface area contributed by atoms with Gasteiger partial charge < -0.3 is 21.1 Å². The van der Waals surface area contributed by atoms with E-state index in [0.717, 1.165) is 0 Å². The fraction of sp³-hybridized carbons (Fsp3) is 0.562. The summed E-state index contributed by atoms with van der Waals surface area (Å²) in [5, 5.41) is 11.8. The van der Waals surface area contributed by atoms with Gasteiger partial charge in [-0.1, -0.05) is 0 Å². The van der Waals surface area contributed by atoms with E-state index in [1.54, 1.807) is 0 Å². The Balaban J connectivity index is 1.61.